The number of hydrazine groups is 1. The third-order valence-electron chi connectivity index (χ3n) is 11.3. The number of nitrogens with one attached hydrogen (secondary N) is 1. The number of rotatable bonds is 7. The van der Waals surface area contributed by atoms with Crippen molar-refractivity contribution in [2.45, 2.75) is 24.2 Å². The van der Waals surface area contributed by atoms with Gasteiger partial charge < -0.3 is 14.6 Å². The number of carbonyl (C=O) groups is 4. The number of benzene rings is 4. The van der Waals surface area contributed by atoms with Gasteiger partial charge >= 0.3 is 0 Å². The van der Waals surface area contributed by atoms with Crippen LogP contribution in [0.3, 0.4) is 0 Å². The zero-order valence-corrected chi connectivity index (χ0v) is 32.5. The number of carbonyl (C=O) groups excluding carboxylic acids is 4. The second kappa shape index (κ2) is 13.6. The highest BCUT2D eigenvalue weighted by Gasteiger charge is 2.70. The van der Waals surface area contributed by atoms with E-state index >= 15 is 4.79 Å². The number of phenolic OH excluding ortho intramolecular Hbond substituents is 1. The van der Waals surface area contributed by atoms with Gasteiger partial charge in [0.05, 0.1) is 58.8 Å². The van der Waals surface area contributed by atoms with Crippen LogP contribution in [0.1, 0.15) is 29.9 Å². The lowest BCUT2D eigenvalue weighted by atomic mass is 9.49. The number of hydrogen-bond donors (Lipinski definition) is 2. The normalized spacial score (nSPS) is 26.0. The third-order valence-corrected chi connectivity index (χ3v) is 12.6. The number of amides is 4. The fourth-order valence-corrected chi connectivity index (χ4v) is 9.91. The Morgan fingerprint density at radius 2 is 1.56 bits per heavy atom. The van der Waals surface area contributed by atoms with Crippen molar-refractivity contribution in [3.05, 3.63) is 121 Å². The molecule has 4 aliphatic rings. The van der Waals surface area contributed by atoms with Crippen molar-refractivity contribution >= 4 is 85.7 Å². The van der Waals surface area contributed by atoms with Crippen molar-refractivity contribution < 1.29 is 33.8 Å². The molecule has 10 nitrogen and oxygen atoms in total. The second-order valence-electron chi connectivity index (χ2n) is 13.8. The number of methoxy groups -OCH3 is 2. The first kappa shape index (κ1) is 36.4. The molecule has 6 unspecified atom stereocenters. The predicted octanol–water partition coefficient (Wildman–Crippen LogP) is 8.32. The van der Waals surface area contributed by atoms with Crippen molar-refractivity contribution in [2.75, 3.05) is 24.5 Å². The summed E-state index contributed by atoms with van der Waals surface area (Å²) in [5, 5.41) is 12.3. The molecule has 4 aromatic rings. The van der Waals surface area contributed by atoms with E-state index in [1.807, 2.05) is 6.08 Å². The van der Waals surface area contributed by atoms with Crippen LogP contribution in [0.4, 0.5) is 11.4 Å². The molecule has 0 radical (unpaired) electrons. The Balaban J connectivity index is 1.35. The smallest absolute Gasteiger partial charge is 0.260 e. The van der Waals surface area contributed by atoms with Gasteiger partial charge in [0.2, 0.25) is 11.8 Å². The zero-order valence-electron chi connectivity index (χ0n) is 28.7. The zero-order chi connectivity index (χ0) is 38.2. The molecular weight excluding hydrogens is 821 g/mol. The predicted molar refractivity (Wildman–Crippen MR) is 207 cm³/mol. The number of halogens is 4. The van der Waals surface area contributed by atoms with Gasteiger partial charge in [-0.25, -0.2) is 0 Å². The van der Waals surface area contributed by atoms with Crippen LogP contribution in [-0.4, -0.2) is 48.0 Å². The van der Waals surface area contributed by atoms with Crippen LogP contribution in [0.15, 0.2) is 95.0 Å². The standard InChI is InChI=1S/C40H31BrCl3N3O7/c1-53-24-10-3-20(4-11-24)40-28(37(50)47(39(40)52)45-31-14-7-22(42)17-29(31)43)18-27-25(34(40)19-15-30(44)35(48)32(16-19)54-2)12-13-26-33(27)38(51)46(36(26)49)23-8-5-21(41)6-9-23/h3-12,14-17,26-28,33-34,45,48H,13,18H2,1-2H3. The highest BCUT2D eigenvalue weighted by atomic mass is 79.9. The van der Waals surface area contributed by atoms with E-state index in [0.717, 1.165) is 9.48 Å². The molecule has 0 spiro atoms. The Kier molecular flexibility index (Phi) is 9.20. The summed E-state index contributed by atoms with van der Waals surface area (Å²) in [6.07, 6.45) is 2.23. The molecule has 2 heterocycles. The Hall–Kier alpha value is -4.55. The molecule has 54 heavy (non-hydrogen) atoms. The minimum Gasteiger partial charge on any atom is -0.503 e. The van der Waals surface area contributed by atoms with Gasteiger partial charge in [0.25, 0.3) is 11.8 Å². The van der Waals surface area contributed by atoms with Crippen molar-refractivity contribution in [3.8, 4) is 17.2 Å². The molecule has 3 fully saturated rings. The Labute approximate surface area is 333 Å². The molecule has 1 saturated carbocycles. The van der Waals surface area contributed by atoms with Crippen LogP contribution in [0.2, 0.25) is 15.1 Å². The first-order valence-corrected chi connectivity index (χ1v) is 19.0. The van der Waals surface area contributed by atoms with E-state index in [4.69, 9.17) is 44.3 Å². The minimum atomic E-state index is -1.62. The minimum absolute atomic E-state index is 0.0320. The molecule has 4 aromatic carbocycles. The quantitative estimate of drug-likeness (QED) is 0.141. The van der Waals surface area contributed by atoms with Crippen LogP contribution in [-0.2, 0) is 24.6 Å². The van der Waals surface area contributed by atoms with Gasteiger partial charge in [0, 0.05) is 15.4 Å². The maximum absolute atomic E-state index is 15.5. The van der Waals surface area contributed by atoms with E-state index < -0.39 is 46.8 Å². The number of ether oxygens (including phenoxy) is 2. The summed E-state index contributed by atoms with van der Waals surface area (Å²) < 4.78 is 11.8. The molecule has 2 N–H and O–H groups in total. The van der Waals surface area contributed by atoms with Crippen molar-refractivity contribution in [1.82, 2.24) is 5.01 Å². The Morgan fingerprint density at radius 1 is 0.833 bits per heavy atom. The number of aromatic hydroxyl groups is 1. The highest BCUT2D eigenvalue weighted by Crippen LogP contribution is 2.65. The highest BCUT2D eigenvalue weighted by molar-refractivity contribution is 9.10. The molecule has 276 valence electrons. The first-order valence-electron chi connectivity index (χ1n) is 17.0. The lowest BCUT2D eigenvalue weighted by Crippen LogP contribution is -2.53. The maximum atomic E-state index is 15.5. The van der Waals surface area contributed by atoms with Crippen molar-refractivity contribution in [1.29, 1.82) is 0 Å². The maximum Gasteiger partial charge on any atom is 0.260 e. The molecule has 0 bridgehead atoms. The number of nitrogens with zero attached hydrogens (tertiary/aromatic N) is 2. The largest absolute Gasteiger partial charge is 0.503 e. The molecule has 2 aliphatic heterocycles. The second-order valence-corrected chi connectivity index (χ2v) is 15.9. The van der Waals surface area contributed by atoms with Crippen molar-refractivity contribution in [2.24, 2.45) is 23.7 Å². The van der Waals surface area contributed by atoms with E-state index in [1.54, 1.807) is 72.8 Å². The lowest BCUT2D eigenvalue weighted by Gasteiger charge is -2.50. The molecule has 4 amide bonds. The summed E-state index contributed by atoms with van der Waals surface area (Å²) in [5.41, 5.74) is 3.77. The van der Waals surface area contributed by atoms with Crippen LogP contribution in [0.5, 0.6) is 17.2 Å². The summed E-state index contributed by atoms with van der Waals surface area (Å²) in [6.45, 7) is 0. The first-order chi connectivity index (χ1) is 25.9. The number of allylic oxidation sites excluding steroid dienone is 2. The summed E-state index contributed by atoms with van der Waals surface area (Å²) >= 11 is 22.8. The Morgan fingerprint density at radius 3 is 2.22 bits per heavy atom. The molecular formula is C40H31BrCl3N3O7. The van der Waals surface area contributed by atoms with E-state index in [0.29, 0.717) is 33.2 Å². The molecule has 2 aliphatic carbocycles. The van der Waals surface area contributed by atoms with Crippen LogP contribution in [0.25, 0.3) is 0 Å². The average molecular weight is 852 g/mol. The number of hydrogen-bond acceptors (Lipinski definition) is 8. The van der Waals surface area contributed by atoms with Crippen LogP contribution in [0, 0.1) is 23.7 Å². The topological polar surface area (TPSA) is 125 Å². The summed E-state index contributed by atoms with van der Waals surface area (Å²) in [5.74, 6) is -5.62. The van der Waals surface area contributed by atoms with Gasteiger partial charge in [0.1, 0.15) is 5.75 Å². The van der Waals surface area contributed by atoms with Gasteiger partial charge in [0.15, 0.2) is 11.5 Å². The van der Waals surface area contributed by atoms with Gasteiger partial charge in [-0.15, -0.1) is 0 Å². The van der Waals surface area contributed by atoms with Gasteiger partial charge in [-0.05, 0) is 96.6 Å². The summed E-state index contributed by atoms with van der Waals surface area (Å²) in [4.78, 5) is 60.2. The number of imide groups is 2. The monoisotopic (exact) mass is 849 g/mol. The molecule has 2 saturated heterocycles. The van der Waals surface area contributed by atoms with Gasteiger partial charge in [-0.3, -0.25) is 29.5 Å². The summed E-state index contributed by atoms with van der Waals surface area (Å²) in [7, 11) is 2.91. The SMILES string of the molecule is COc1ccc(C23C(=O)N(Nc4ccc(Cl)cc4Cl)C(=O)C2CC2C(=CCC4C(=O)N(c5ccc(Br)cc5)C(=O)C42)C3c2cc(Cl)c(O)c(OC)c2)cc1. The average Bonchev–Trinajstić information content (AvgIpc) is 3.54. The summed E-state index contributed by atoms with van der Waals surface area (Å²) in [6, 6.07) is 21.7. The van der Waals surface area contributed by atoms with E-state index in [9.17, 15) is 19.5 Å². The van der Waals surface area contributed by atoms with Gasteiger partial charge in [-0.2, -0.15) is 5.01 Å². The molecule has 6 atom stereocenters. The number of anilines is 2. The van der Waals surface area contributed by atoms with E-state index in [-0.39, 0.29) is 51.9 Å². The van der Waals surface area contributed by atoms with Crippen LogP contribution < -0.4 is 19.8 Å². The molecule has 0 aromatic heterocycles. The Bertz CT molecular complexity index is 2290. The van der Waals surface area contributed by atoms with Crippen molar-refractivity contribution in [3.63, 3.8) is 0 Å². The van der Waals surface area contributed by atoms with E-state index in [1.165, 1.54) is 25.2 Å². The number of phenols is 1. The number of fused-ring (bicyclic) bond motifs is 4. The van der Waals surface area contributed by atoms with E-state index in [2.05, 4.69) is 21.4 Å². The third kappa shape index (κ3) is 5.42. The molecule has 14 heteroatoms. The fourth-order valence-electron chi connectivity index (χ4n) is 8.98. The lowest BCUT2D eigenvalue weighted by molar-refractivity contribution is -0.138. The van der Waals surface area contributed by atoms with Crippen LogP contribution >= 0.6 is 50.7 Å². The van der Waals surface area contributed by atoms with Gasteiger partial charge in [-0.1, -0.05) is 74.5 Å². The molecule has 8 rings (SSSR count). The fraction of sp³-hybridized carbons (Fsp3) is 0.250.